The van der Waals surface area contributed by atoms with Gasteiger partial charge in [0.2, 0.25) is 0 Å². The number of ether oxygens (including phenoxy) is 4. The van der Waals surface area contributed by atoms with Crippen LogP contribution in [-0.4, -0.2) is 66.5 Å². The summed E-state index contributed by atoms with van der Waals surface area (Å²) in [6, 6.07) is 0.0687. The van der Waals surface area contributed by atoms with E-state index in [1.165, 1.54) is 6.92 Å². The normalized spacial score (nSPS) is 45.8. The third kappa shape index (κ3) is 2.68. The van der Waals surface area contributed by atoms with E-state index < -0.39 is 0 Å². The van der Waals surface area contributed by atoms with Crippen LogP contribution in [-0.2, 0) is 28.6 Å². The second-order valence-electron chi connectivity index (χ2n) is 7.79. The zero-order valence-corrected chi connectivity index (χ0v) is 14.1. The quantitative estimate of drug-likeness (QED) is 0.697. The van der Waals surface area contributed by atoms with Crippen molar-refractivity contribution in [2.45, 2.75) is 76.5 Å². The van der Waals surface area contributed by atoms with Crippen molar-refractivity contribution < 1.29 is 28.6 Å². The van der Waals surface area contributed by atoms with Gasteiger partial charge in [0.25, 0.3) is 0 Å². The average molecular weight is 327 g/mol. The molecule has 0 spiro atoms. The molecule has 4 saturated heterocycles. The standard InChI is InChI=1S/C16H25NO6/c1-8(18)20-13-10-7-19-15(21-10)14-11(13)12-9(22-16(2,3)4)5-6-17(12)23-14/h9-15H,5-7H2,1-4H3/t9-,10+,11+,12-,13+,14+,15+/m1/s1. The van der Waals surface area contributed by atoms with E-state index >= 15 is 0 Å². The largest absolute Gasteiger partial charge is 0.459 e. The number of hydrogen-bond donors (Lipinski definition) is 0. The second kappa shape index (κ2) is 5.39. The Morgan fingerprint density at radius 3 is 2.78 bits per heavy atom. The monoisotopic (exact) mass is 327 g/mol. The number of hydrogen-bond acceptors (Lipinski definition) is 7. The molecule has 2 bridgehead atoms. The van der Waals surface area contributed by atoms with Gasteiger partial charge in [0.15, 0.2) is 6.29 Å². The Hall–Kier alpha value is -0.730. The summed E-state index contributed by atoms with van der Waals surface area (Å²) in [4.78, 5) is 17.7. The fourth-order valence-corrected chi connectivity index (χ4v) is 4.32. The molecule has 130 valence electrons. The summed E-state index contributed by atoms with van der Waals surface area (Å²) >= 11 is 0. The molecule has 4 heterocycles. The second-order valence-corrected chi connectivity index (χ2v) is 7.79. The molecule has 0 unspecified atom stereocenters. The minimum atomic E-state index is -0.377. The Kier molecular flexibility index (Phi) is 3.70. The molecule has 0 aromatic rings. The van der Waals surface area contributed by atoms with Crippen LogP contribution < -0.4 is 0 Å². The van der Waals surface area contributed by atoms with Gasteiger partial charge in [-0.15, -0.1) is 0 Å². The minimum absolute atomic E-state index is 0.0139. The van der Waals surface area contributed by atoms with Gasteiger partial charge in [0, 0.05) is 13.5 Å². The lowest BCUT2D eigenvalue weighted by Gasteiger charge is -2.39. The van der Waals surface area contributed by atoms with E-state index in [0.717, 1.165) is 13.0 Å². The molecule has 0 aromatic heterocycles. The van der Waals surface area contributed by atoms with Gasteiger partial charge in [-0.2, -0.15) is 5.06 Å². The topological polar surface area (TPSA) is 66.5 Å². The van der Waals surface area contributed by atoms with Crippen LogP contribution in [0.1, 0.15) is 34.1 Å². The first kappa shape index (κ1) is 15.8. The highest BCUT2D eigenvalue weighted by Crippen LogP contribution is 2.47. The highest BCUT2D eigenvalue weighted by molar-refractivity contribution is 5.66. The lowest BCUT2D eigenvalue weighted by atomic mass is 9.83. The summed E-state index contributed by atoms with van der Waals surface area (Å²) in [5, 5.41) is 1.98. The van der Waals surface area contributed by atoms with Gasteiger partial charge in [0.1, 0.15) is 18.3 Å². The number of nitrogens with zero attached hydrogens (tertiary/aromatic N) is 1. The van der Waals surface area contributed by atoms with Crippen LogP contribution in [0, 0.1) is 5.92 Å². The van der Waals surface area contributed by atoms with Crippen molar-refractivity contribution in [2.75, 3.05) is 13.2 Å². The van der Waals surface area contributed by atoms with E-state index in [9.17, 15) is 4.79 Å². The lowest BCUT2D eigenvalue weighted by Crippen LogP contribution is -2.55. The zero-order valence-electron chi connectivity index (χ0n) is 14.1. The Morgan fingerprint density at radius 1 is 1.30 bits per heavy atom. The molecule has 0 saturated carbocycles. The molecule has 0 radical (unpaired) electrons. The van der Waals surface area contributed by atoms with Gasteiger partial charge < -0.3 is 18.9 Å². The first-order valence-corrected chi connectivity index (χ1v) is 8.39. The SMILES string of the molecule is CC(=O)O[C@@H]1[C@H]2[C@H](ON3CC[C@@H](OC(C)(C)C)[C@H]23)[C@H]2OC[C@@H]1O2. The van der Waals surface area contributed by atoms with Gasteiger partial charge in [-0.3, -0.25) is 9.63 Å². The Morgan fingerprint density at radius 2 is 2.09 bits per heavy atom. The van der Waals surface area contributed by atoms with Crippen molar-refractivity contribution in [2.24, 2.45) is 5.92 Å². The van der Waals surface area contributed by atoms with Crippen LogP contribution >= 0.6 is 0 Å². The minimum Gasteiger partial charge on any atom is -0.459 e. The van der Waals surface area contributed by atoms with E-state index in [1.807, 2.05) is 5.06 Å². The van der Waals surface area contributed by atoms with Crippen molar-refractivity contribution in [3.8, 4) is 0 Å². The van der Waals surface area contributed by atoms with E-state index in [4.69, 9.17) is 23.8 Å². The van der Waals surface area contributed by atoms with Crippen LogP contribution in [0.4, 0.5) is 0 Å². The van der Waals surface area contributed by atoms with Crippen molar-refractivity contribution >= 4 is 5.97 Å². The van der Waals surface area contributed by atoms with Crippen molar-refractivity contribution in [1.29, 1.82) is 0 Å². The Labute approximate surface area is 136 Å². The number of carbonyl (C=O) groups excluding carboxylic acids is 1. The smallest absolute Gasteiger partial charge is 0.303 e. The van der Waals surface area contributed by atoms with Crippen LogP contribution in [0.5, 0.6) is 0 Å². The fourth-order valence-electron chi connectivity index (χ4n) is 4.32. The maximum absolute atomic E-state index is 11.6. The summed E-state index contributed by atoms with van der Waals surface area (Å²) in [7, 11) is 0. The average Bonchev–Trinajstić information content (AvgIpc) is 3.08. The van der Waals surface area contributed by atoms with Gasteiger partial charge in [-0.1, -0.05) is 0 Å². The molecule has 4 aliphatic heterocycles. The summed E-state index contributed by atoms with van der Waals surface area (Å²) in [6.45, 7) is 8.86. The summed E-state index contributed by atoms with van der Waals surface area (Å²) in [5.41, 5.74) is -0.226. The third-order valence-corrected chi connectivity index (χ3v) is 4.93. The molecule has 0 amide bonds. The molecule has 7 heteroatoms. The molecule has 0 aliphatic carbocycles. The van der Waals surface area contributed by atoms with Crippen LogP contribution in [0.2, 0.25) is 0 Å². The van der Waals surface area contributed by atoms with Gasteiger partial charge in [0.05, 0.1) is 30.3 Å². The number of esters is 1. The predicted octanol–water partition coefficient (Wildman–Crippen LogP) is 0.861. The molecular formula is C16H25NO6. The Bertz CT molecular complexity index is 491. The van der Waals surface area contributed by atoms with E-state index in [1.54, 1.807) is 0 Å². The van der Waals surface area contributed by atoms with Crippen LogP contribution in [0.3, 0.4) is 0 Å². The fraction of sp³-hybridized carbons (Fsp3) is 0.938. The molecule has 23 heavy (non-hydrogen) atoms. The molecule has 7 nitrogen and oxygen atoms in total. The van der Waals surface area contributed by atoms with Crippen molar-refractivity contribution in [1.82, 2.24) is 5.06 Å². The van der Waals surface area contributed by atoms with E-state index in [0.29, 0.717) is 6.61 Å². The zero-order chi connectivity index (χ0) is 16.4. The molecule has 4 rings (SSSR count). The summed E-state index contributed by atoms with van der Waals surface area (Å²) in [6.07, 6.45) is -0.220. The van der Waals surface area contributed by atoms with Gasteiger partial charge in [-0.05, 0) is 27.2 Å². The van der Waals surface area contributed by atoms with E-state index in [-0.39, 0.29) is 54.2 Å². The first-order chi connectivity index (χ1) is 10.8. The number of carbonyl (C=O) groups is 1. The molecule has 0 aromatic carbocycles. The highest BCUT2D eigenvalue weighted by atomic mass is 16.8. The van der Waals surface area contributed by atoms with Crippen LogP contribution in [0.15, 0.2) is 0 Å². The van der Waals surface area contributed by atoms with Gasteiger partial charge >= 0.3 is 5.97 Å². The molecule has 0 N–H and O–H groups in total. The maximum Gasteiger partial charge on any atom is 0.303 e. The molecule has 4 fully saturated rings. The highest BCUT2D eigenvalue weighted by Gasteiger charge is 2.64. The summed E-state index contributed by atoms with van der Waals surface area (Å²) in [5.74, 6) is -0.285. The van der Waals surface area contributed by atoms with Crippen molar-refractivity contribution in [3.05, 3.63) is 0 Å². The first-order valence-electron chi connectivity index (χ1n) is 8.39. The molecule has 4 aliphatic rings. The predicted molar refractivity (Wildman–Crippen MR) is 78.3 cm³/mol. The van der Waals surface area contributed by atoms with Gasteiger partial charge in [-0.25, -0.2) is 0 Å². The van der Waals surface area contributed by atoms with Crippen LogP contribution in [0.25, 0.3) is 0 Å². The summed E-state index contributed by atoms with van der Waals surface area (Å²) < 4.78 is 23.4. The lowest BCUT2D eigenvalue weighted by molar-refractivity contribution is -0.245. The molecular weight excluding hydrogens is 302 g/mol. The number of fused-ring (bicyclic) bond motifs is 6. The van der Waals surface area contributed by atoms with E-state index in [2.05, 4.69) is 20.8 Å². The Balaban J connectivity index is 1.62. The number of rotatable bonds is 2. The number of hydroxylamine groups is 2. The molecule has 7 atom stereocenters. The third-order valence-electron chi connectivity index (χ3n) is 4.93. The van der Waals surface area contributed by atoms with Crippen molar-refractivity contribution in [3.63, 3.8) is 0 Å². The maximum atomic E-state index is 11.6.